The Bertz CT molecular complexity index is 669. The van der Waals surface area contributed by atoms with Gasteiger partial charge in [-0.15, -0.1) is 0 Å². The maximum absolute atomic E-state index is 13.1. The molecule has 0 fully saturated rings. The number of aliphatic hydroxyl groups is 1. The molecule has 0 saturated carbocycles. The first-order chi connectivity index (χ1) is 10.9. The summed E-state index contributed by atoms with van der Waals surface area (Å²) >= 11 is 0. The lowest BCUT2D eigenvalue weighted by Gasteiger charge is -2.24. The second-order valence-electron chi connectivity index (χ2n) is 5.69. The fourth-order valence-corrected chi connectivity index (χ4v) is 2.22. The van der Waals surface area contributed by atoms with Crippen molar-refractivity contribution in [2.75, 3.05) is 6.54 Å². The second-order valence-corrected chi connectivity index (χ2v) is 5.69. The Labute approximate surface area is 134 Å². The molecule has 0 heterocycles. The summed E-state index contributed by atoms with van der Waals surface area (Å²) in [6, 6.07) is 11.6. The van der Waals surface area contributed by atoms with Gasteiger partial charge in [-0.05, 0) is 48.7 Å². The van der Waals surface area contributed by atoms with Gasteiger partial charge in [-0.2, -0.15) is 0 Å². The van der Waals surface area contributed by atoms with Gasteiger partial charge in [0.15, 0.2) is 0 Å². The Balaban J connectivity index is 1.84. The summed E-state index contributed by atoms with van der Waals surface area (Å²) in [6.45, 7) is 1.56. The zero-order valence-electron chi connectivity index (χ0n) is 12.9. The quantitative estimate of drug-likeness (QED) is 0.860. The summed E-state index contributed by atoms with van der Waals surface area (Å²) in [6.07, 6.45) is 0.616. The largest absolute Gasteiger partial charge is 0.384 e. The Morgan fingerprint density at radius 3 is 2.48 bits per heavy atom. The molecule has 5 heteroatoms. The highest BCUT2D eigenvalue weighted by Gasteiger charge is 2.23. The van der Waals surface area contributed by atoms with Gasteiger partial charge in [0.2, 0.25) is 5.91 Å². The number of nitrogens with one attached hydrogen (secondary N) is 1. The number of carbonyl (C=O) groups excluding carboxylic acids is 1. The summed E-state index contributed by atoms with van der Waals surface area (Å²) < 4.78 is 26.0. The van der Waals surface area contributed by atoms with Crippen LogP contribution >= 0.6 is 0 Å². The van der Waals surface area contributed by atoms with Crippen LogP contribution < -0.4 is 5.32 Å². The van der Waals surface area contributed by atoms with Crippen molar-refractivity contribution in [1.82, 2.24) is 5.32 Å². The summed E-state index contributed by atoms with van der Waals surface area (Å²) in [7, 11) is 0. The number of hydrogen-bond donors (Lipinski definition) is 2. The molecule has 0 aliphatic rings. The number of carbonyl (C=O) groups is 1. The van der Waals surface area contributed by atoms with Gasteiger partial charge in [0.1, 0.15) is 17.2 Å². The Morgan fingerprint density at radius 1 is 1.13 bits per heavy atom. The number of benzene rings is 2. The van der Waals surface area contributed by atoms with E-state index in [-0.39, 0.29) is 30.5 Å². The molecule has 2 N–H and O–H groups in total. The minimum Gasteiger partial charge on any atom is -0.384 e. The first-order valence-corrected chi connectivity index (χ1v) is 7.36. The molecule has 2 aromatic rings. The van der Waals surface area contributed by atoms with Crippen LogP contribution in [0.5, 0.6) is 0 Å². The van der Waals surface area contributed by atoms with Gasteiger partial charge < -0.3 is 10.4 Å². The first-order valence-electron chi connectivity index (χ1n) is 7.36. The van der Waals surface area contributed by atoms with E-state index >= 15 is 0 Å². The molecular formula is C18H19F2NO2. The molecule has 0 bridgehead atoms. The number of halogens is 2. The van der Waals surface area contributed by atoms with Gasteiger partial charge in [-0.3, -0.25) is 4.79 Å². The van der Waals surface area contributed by atoms with Gasteiger partial charge in [0.25, 0.3) is 0 Å². The topological polar surface area (TPSA) is 49.3 Å². The van der Waals surface area contributed by atoms with Crippen LogP contribution in [-0.2, 0) is 16.8 Å². The third-order valence-corrected chi connectivity index (χ3v) is 3.63. The van der Waals surface area contributed by atoms with Crippen LogP contribution in [0.15, 0.2) is 48.5 Å². The normalized spacial score (nSPS) is 13.4. The van der Waals surface area contributed by atoms with Crippen LogP contribution in [0.3, 0.4) is 0 Å². The molecule has 1 atom stereocenters. The van der Waals surface area contributed by atoms with Crippen LogP contribution in [-0.4, -0.2) is 17.6 Å². The standard InChI is InChI=1S/C18H19F2NO2/c1-18(23,14-6-8-15(19)9-7-14)12-21-17(22)10-5-13-3-2-4-16(20)11-13/h2-4,6-9,11,23H,5,10,12H2,1H3,(H,21,22). The molecule has 122 valence electrons. The van der Waals surface area contributed by atoms with Crippen molar-refractivity contribution >= 4 is 5.91 Å². The maximum Gasteiger partial charge on any atom is 0.220 e. The van der Waals surface area contributed by atoms with Crippen molar-refractivity contribution < 1.29 is 18.7 Å². The molecular weight excluding hydrogens is 300 g/mol. The molecule has 0 aromatic heterocycles. The SMILES string of the molecule is CC(O)(CNC(=O)CCc1cccc(F)c1)c1ccc(F)cc1. The van der Waals surface area contributed by atoms with Crippen molar-refractivity contribution in [2.24, 2.45) is 0 Å². The second kappa shape index (κ2) is 7.33. The highest BCUT2D eigenvalue weighted by molar-refractivity contribution is 5.76. The van der Waals surface area contributed by atoms with Crippen molar-refractivity contribution in [2.45, 2.75) is 25.4 Å². The molecule has 1 amide bonds. The molecule has 0 aliphatic heterocycles. The first kappa shape index (κ1) is 17.1. The van der Waals surface area contributed by atoms with Crippen LogP contribution in [0.4, 0.5) is 8.78 Å². The molecule has 2 aromatic carbocycles. The van der Waals surface area contributed by atoms with E-state index in [1.165, 1.54) is 36.4 Å². The van der Waals surface area contributed by atoms with E-state index in [1.54, 1.807) is 19.1 Å². The molecule has 2 rings (SSSR count). The summed E-state index contributed by atoms with van der Waals surface area (Å²) in [4.78, 5) is 11.9. The molecule has 0 radical (unpaired) electrons. The van der Waals surface area contributed by atoms with E-state index < -0.39 is 5.60 Å². The summed E-state index contributed by atoms with van der Waals surface area (Å²) in [5, 5.41) is 13.0. The van der Waals surface area contributed by atoms with Crippen LogP contribution in [0, 0.1) is 11.6 Å². The van der Waals surface area contributed by atoms with Gasteiger partial charge in [-0.1, -0.05) is 24.3 Å². The monoisotopic (exact) mass is 319 g/mol. The maximum atomic E-state index is 13.1. The molecule has 0 aliphatic carbocycles. The van der Waals surface area contributed by atoms with E-state index in [0.717, 1.165) is 5.56 Å². The highest BCUT2D eigenvalue weighted by atomic mass is 19.1. The predicted molar refractivity (Wildman–Crippen MR) is 83.7 cm³/mol. The molecule has 3 nitrogen and oxygen atoms in total. The Kier molecular flexibility index (Phi) is 5.45. The fraction of sp³-hybridized carbons (Fsp3) is 0.278. The molecule has 1 unspecified atom stereocenters. The van der Waals surface area contributed by atoms with Crippen molar-refractivity contribution in [1.29, 1.82) is 0 Å². The number of aryl methyl sites for hydroxylation is 1. The van der Waals surface area contributed by atoms with E-state index in [2.05, 4.69) is 5.32 Å². The van der Waals surface area contributed by atoms with Crippen molar-refractivity contribution in [3.05, 3.63) is 71.3 Å². The smallest absolute Gasteiger partial charge is 0.220 e. The van der Waals surface area contributed by atoms with Crippen molar-refractivity contribution in [3.8, 4) is 0 Å². The van der Waals surface area contributed by atoms with Crippen LogP contribution in [0.1, 0.15) is 24.5 Å². The fourth-order valence-electron chi connectivity index (χ4n) is 2.22. The predicted octanol–water partition coefficient (Wildman–Crippen LogP) is 2.92. The van der Waals surface area contributed by atoms with Crippen LogP contribution in [0.2, 0.25) is 0 Å². The lowest BCUT2D eigenvalue weighted by Crippen LogP contribution is -2.38. The van der Waals surface area contributed by atoms with E-state index in [9.17, 15) is 18.7 Å². The van der Waals surface area contributed by atoms with Crippen LogP contribution in [0.25, 0.3) is 0 Å². The zero-order chi connectivity index (χ0) is 16.9. The van der Waals surface area contributed by atoms with E-state index in [1.807, 2.05) is 0 Å². The number of hydrogen-bond acceptors (Lipinski definition) is 2. The van der Waals surface area contributed by atoms with Crippen molar-refractivity contribution in [3.63, 3.8) is 0 Å². The lowest BCUT2D eigenvalue weighted by atomic mass is 9.96. The summed E-state index contributed by atoms with van der Waals surface area (Å²) in [5.74, 6) is -0.956. The Morgan fingerprint density at radius 2 is 1.83 bits per heavy atom. The van der Waals surface area contributed by atoms with Gasteiger partial charge in [0.05, 0.1) is 6.54 Å². The highest BCUT2D eigenvalue weighted by Crippen LogP contribution is 2.20. The number of rotatable bonds is 6. The minimum absolute atomic E-state index is 0.0145. The summed E-state index contributed by atoms with van der Waals surface area (Å²) in [5.41, 5.74) is -0.0304. The molecule has 0 saturated heterocycles. The van der Waals surface area contributed by atoms with Gasteiger partial charge in [0, 0.05) is 6.42 Å². The van der Waals surface area contributed by atoms with Gasteiger partial charge in [-0.25, -0.2) is 8.78 Å². The average molecular weight is 319 g/mol. The zero-order valence-corrected chi connectivity index (χ0v) is 12.9. The van der Waals surface area contributed by atoms with E-state index in [0.29, 0.717) is 12.0 Å². The number of amides is 1. The third kappa shape index (κ3) is 5.14. The average Bonchev–Trinajstić information content (AvgIpc) is 2.51. The lowest BCUT2D eigenvalue weighted by molar-refractivity contribution is -0.122. The third-order valence-electron chi connectivity index (χ3n) is 3.63. The molecule has 23 heavy (non-hydrogen) atoms. The Hall–Kier alpha value is -2.27. The minimum atomic E-state index is -1.29. The molecule has 0 spiro atoms. The van der Waals surface area contributed by atoms with Gasteiger partial charge >= 0.3 is 0 Å². The van der Waals surface area contributed by atoms with E-state index in [4.69, 9.17) is 0 Å².